The summed E-state index contributed by atoms with van der Waals surface area (Å²) in [5.74, 6) is 1.08. The Morgan fingerprint density at radius 1 is 1.62 bits per heavy atom. The Balaban J connectivity index is 2.62. The quantitative estimate of drug-likeness (QED) is 0.789. The zero-order chi connectivity index (χ0) is 12.2. The first-order chi connectivity index (χ1) is 7.53. The third-order valence-corrected chi connectivity index (χ3v) is 4.87. The largest absolute Gasteiger partial charge is 0.350 e. The summed E-state index contributed by atoms with van der Waals surface area (Å²) in [5.41, 5.74) is 0.0121. The molecule has 0 spiro atoms. The molecule has 1 aliphatic carbocycles. The number of rotatable bonds is 4. The molecule has 2 nitrogen and oxygen atoms in total. The van der Waals surface area contributed by atoms with Crippen LogP contribution in [0.1, 0.15) is 52.9 Å². The van der Waals surface area contributed by atoms with E-state index in [1.807, 2.05) is 6.92 Å². The van der Waals surface area contributed by atoms with E-state index in [4.69, 9.17) is 0 Å². The minimum atomic E-state index is 0.0121. The van der Waals surface area contributed by atoms with Crippen LogP contribution in [-0.2, 0) is 4.79 Å². The lowest BCUT2D eigenvalue weighted by Crippen LogP contribution is -2.53. The molecule has 0 aromatic rings. The van der Waals surface area contributed by atoms with E-state index in [1.165, 1.54) is 12.8 Å². The van der Waals surface area contributed by atoms with E-state index >= 15 is 0 Å². The van der Waals surface area contributed by atoms with Crippen LogP contribution in [0.15, 0.2) is 0 Å². The highest BCUT2D eigenvalue weighted by Gasteiger charge is 2.35. The number of hydrogen-bond donors (Lipinski definition) is 1. The zero-order valence-electron chi connectivity index (χ0n) is 10.7. The molecule has 1 amide bonds. The lowest BCUT2D eigenvalue weighted by molar-refractivity contribution is -0.126. The van der Waals surface area contributed by atoms with Gasteiger partial charge in [0, 0.05) is 16.8 Å². The molecule has 0 aromatic carbocycles. The SMILES string of the molecule is CCC(C)C(=O)NC1(CBr)CCCC(C)C1. The Morgan fingerprint density at radius 3 is 2.81 bits per heavy atom. The van der Waals surface area contributed by atoms with Gasteiger partial charge in [0.25, 0.3) is 0 Å². The summed E-state index contributed by atoms with van der Waals surface area (Å²) in [7, 11) is 0. The van der Waals surface area contributed by atoms with Gasteiger partial charge < -0.3 is 5.32 Å². The van der Waals surface area contributed by atoms with Crippen molar-refractivity contribution >= 4 is 21.8 Å². The van der Waals surface area contributed by atoms with Crippen molar-refractivity contribution in [3.05, 3.63) is 0 Å². The summed E-state index contributed by atoms with van der Waals surface area (Å²) >= 11 is 3.58. The van der Waals surface area contributed by atoms with E-state index in [2.05, 4.69) is 35.1 Å². The van der Waals surface area contributed by atoms with E-state index in [1.54, 1.807) is 0 Å². The first-order valence-electron chi connectivity index (χ1n) is 6.41. The molecular formula is C13H24BrNO. The molecule has 94 valence electrons. The van der Waals surface area contributed by atoms with Gasteiger partial charge in [-0.05, 0) is 25.2 Å². The number of nitrogens with one attached hydrogen (secondary N) is 1. The first-order valence-corrected chi connectivity index (χ1v) is 7.53. The molecule has 1 saturated carbocycles. The standard InChI is InChI=1S/C13H24BrNO/c1-4-11(3)12(16)15-13(9-14)7-5-6-10(2)8-13/h10-11H,4-9H2,1-3H3,(H,15,16). The fourth-order valence-corrected chi connectivity index (χ4v) is 3.15. The number of carbonyl (C=O) groups is 1. The molecule has 3 unspecified atom stereocenters. The van der Waals surface area contributed by atoms with Crippen LogP contribution >= 0.6 is 15.9 Å². The third-order valence-electron chi connectivity index (χ3n) is 3.80. The molecule has 0 aromatic heterocycles. The third kappa shape index (κ3) is 3.47. The molecule has 1 rings (SSSR count). The highest BCUT2D eigenvalue weighted by Crippen LogP contribution is 2.33. The first kappa shape index (κ1) is 14.0. The topological polar surface area (TPSA) is 29.1 Å². The molecule has 0 bridgehead atoms. The Kier molecular flexibility index (Phi) is 5.29. The Hall–Kier alpha value is -0.0500. The summed E-state index contributed by atoms with van der Waals surface area (Å²) in [5, 5.41) is 4.16. The molecule has 1 N–H and O–H groups in total. The maximum absolute atomic E-state index is 12.0. The molecule has 1 fully saturated rings. The molecule has 3 atom stereocenters. The van der Waals surface area contributed by atoms with Gasteiger partial charge in [-0.1, -0.05) is 49.5 Å². The van der Waals surface area contributed by atoms with Crippen molar-refractivity contribution < 1.29 is 4.79 Å². The van der Waals surface area contributed by atoms with Gasteiger partial charge in [-0.3, -0.25) is 4.79 Å². The normalized spacial score (nSPS) is 32.1. The lowest BCUT2D eigenvalue weighted by atomic mass is 9.77. The monoisotopic (exact) mass is 289 g/mol. The molecule has 0 saturated heterocycles. The smallest absolute Gasteiger partial charge is 0.223 e. The summed E-state index contributed by atoms with van der Waals surface area (Å²) in [6, 6.07) is 0. The van der Waals surface area contributed by atoms with Gasteiger partial charge in [0.1, 0.15) is 0 Å². The molecule has 16 heavy (non-hydrogen) atoms. The molecule has 3 heteroatoms. The second kappa shape index (κ2) is 6.04. The highest BCUT2D eigenvalue weighted by atomic mass is 79.9. The maximum atomic E-state index is 12.0. The van der Waals surface area contributed by atoms with Gasteiger partial charge in [0.2, 0.25) is 5.91 Å². The van der Waals surface area contributed by atoms with Crippen molar-refractivity contribution in [3.8, 4) is 0 Å². The van der Waals surface area contributed by atoms with Gasteiger partial charge in [-0.25, -0.2) is 0 Å². The Morgan fingerprint density at radius 2 is 2.31 bits per heavy atom. The zero-order valence-corrected chi connectivity index (χ0v) is 12.3. The maximum Gasteiger partial charge on any atom is 0.223 e. The van der Waals surface area contributed by atoms with Crippen LogP contribution in [0.25, 0.3) is 0 Å². The van der Waals surface area contributed by atoms with Crippen molar-refractivity contribution in [2.75, 3.05) is 5.33 Å². The molecular weight excluding hydrogens is 266 g/mol. The van der Waals surface area contributed by atoms with Crippen LogP contribution in [0.3, 0.4) is 0 Å². The van der Waals surface area contributed by atoms with Crippen LogP contribution in [0.4, 0.5) is 0 Å². The Bertz CT molecular complexity index is 244. The number of amides is 1. The fraction of sp³-hybridized carbons (Fsp3) is 0.923. The second-order valence-corrected chi connectivity index (χ2v) is 5.97. The molecule has 0 radical (unpaired) electrons. The predicted molar refractivity (Wildman–Crippen MR) is 71.8 cm³/mol. The Labute approximate surface area is 108 Å². The van der Waals surface area contributed by atoms with Gasteiger partial charge in [0.15, 0.2) is 0 Å². The molecule has 1 aliphatic rings. The summed E-state index contributed by atoms with van der Waals surface area (Å²) in [4.78, 5) is 12.0. The second-order valence-electron chi connectivity index (χ2n) is 5.41. The summed E-state index contributed by atoms with van der Waals surface area (Å²) < 4.78 is 0. The van der Waals surface area contributed by atoms with Crippen molar-refractivity contribution in [1.29, 1.82) is 0 Å². The van der Waals surface area contributed by atoms with E-state index < -0.39 is 0 Å². The van der Waals surface area contributed by atoms with Gasteiger partial charge >= 0.3 is 0 Å². The van der Waals surface area contributed by atoms with Gasteiger partial charge in [-0.15, -0.1) is 0 Å². The average molecular weight is 290 g/mol. The van der Waals surface area contributed by atoms with Crippen molar-refractivity contribution in [1.82, 2.24) is 5.32 Å². The van der Waals surface area contributed by atoms with E-state index in [9.17, 15) is 4.79 Å². The summed E-state index contributed by atoms with van der Waals surface area (Å²) in [6.45, 7) is 6.35. The van der Waals surface area contributed by atoms with Crippen LogP contribution in [-0.4, -0.2) is 16.8 Å². The minimum Gasteiger partial charge on any atom is -0.350 e. The van der Waals surface area contributed by atoms with Crippen molar-refractivity contribution in [2.45, 2.75) is 58.4 Å². The van der Waals surface area contributed by atoms with Crippen LogP contribution < -0.4 is 5.32 Å². The minimum absolute atomic E-state index is 0.0121. The van der Waals surface area contributed by atoms with Crippen LogP contribution in [0.5, 0.6) is 0 Å². The van der Waals surface area contributed by atoms with E-state index in [0.29, 0.717) is 0 Å². The summed E-state index contributed by atoms with van der Waals surface area (Å²) in [6.07, 6.45) is 5.67. The fourth-order valence-electron chi connectivity index (χ4n) is 2.50. The van der Waals surface area contributed by atoms with E-state index in [0.717, 1.165) is 30.5 Å². The number of alkyl halides is 1. The van der Waals surface area contributed by atoms with Gasteiger partial charge in [0.05, 0.1) is 0 Å². The van der Waals surface area contributed by atoms with Crippen LogP contribution in [0, 0.1) is 11.8 Å². The predicted octanol–water partition coefficient (Wildman–Crippen LogP) is 3.49. The number of halogens is 1. The molecule has 0 heterocycles. The highest BCUT2D eigenvalue weighted by molar-refractivity contribution is 9.09. The van der Waals surface area contributed by atoms with Crippen molar-refractivity contribution in [3.63, 3.8) is 0 Å². The number of hydrogen-bond acceptors (Lipinski definition) is 1. The van der Waals surface area contributed by atoms with Crippen LogP contribution in [0.2, 0.25) is 0 Å². The average Bonchev–Trinajstić information content (AvgIpc) is 2.27. The molecule has 0 aliphatic heterocycles. The van der Waals surface area contributed by atoms with Crippen molar-refractivity contribution in [2.24, 2.45) is 11.8 Å². The lowest BCUT2D eigenvalue weighted by Gasteiger charge is -2.40. The van der Waals surface area contributed by atoms with Gasteiger partial charge in [-0.2, -0.15) is 0 Å². The van der Waals surface area contributed by atoms with E-state index in [-0.39, 0.29) is 17.4 Å². The number of carbonyl (C=O) groups excluding carboxylic acids is 1.